The van der Waals surface area contributed by atoms with Gasteiger partial charge in [0.05, 0.1) is 5.56 Å². The van der Waals surface area contributed by atoms with Crippen LogP contribution in [0.25, 0.3) is 0 Å². The molecule has 1 fully saturated rings. The van der Waals surface area contributed by atoms with Gasteiger partial charge in [0.2, 0.25) is 12.4 Å². The number of nitrogens with zero attached hydrogens (tertiary/aromatic N) is 5. The van der Waals surface area contributed by atoms with Crippen LogP contribution in [0.5, 0.6) is 0 Å². The third kappa shape index (κ3) is 4.39. The fourth-order valence-electron chi connectivity index (χ4n) is 2.12. The number of nitrogens with one attached hydrogen (secondary N) is 1. The molecule has 120 valence electrons. The molecule has 0 atom stereocenters. The van der Waals surface area contributed by atoms with Crippen molar-refractivity contribution in [3.8, 4) is 0 Å². The minimum Gasteiger partial charge on any atom is -0.351 e. The average Bonchev–Trinajstić information content (AvgIpc) is 2.54. The van der Waals surface area contributed by atoms with Crippen LogP contribution in [0.2, 0.25) is 0 Å². The monoisotopic (exact) mass is 306 g/mol. The maximum absolute atomic E-state index is 11.9. The minimum atomic E-state index is -0.167. The first-order valence-electron chi connectivity index (χ1n) is 7.29. The summed E-state index contributed by atoms with van der Waals surface area (Å²) in [6, 6.07) is 0. The van der Waals surface area contributed by atoms with Crippen molar-refractivity contribution in [2.24, 2.45) is 0 Å². The molecular weight excluding hydrogens is 284 g/mol. The third-order valence-electron chi connectivity index (χ3n) is 3.49. The van der Waals surface area contributed by atoms with Crippen molar-refractivity contribution in [2.75, 3.05) is 58.3 Å². The second-order valence-corrected chi connectivity index (χ2v) is 5.46. The van der Waals surface area contributed by atoms with E-state index in [9.17, 15) is 9.59 Å². The molecule has 0 bridgehead atoms. The largest absolute Gasteiger partial charge is 0.351 e. The first-order valence-corrected chi connectivity index (χ1v) is 7.29. The molecule has 1 N–H and O–H groups in total. The van der Waals surface area contributed by atoms with Crippen LogP contribution in [0.4, 0.5) is 5.95 Å². The van der Waals surface area contributed by atoms with Gasteiger partial charge in [-0.05, 0) is 14.1 Å². The van der Waals surface area contributed by atoms with Gasteiger partial charge in [-0.3, -0.25) is 9.59 Å². The lowest BCUT2D eigenvalue weighted by Crippen LogP contribution is -2.46. The lowest BCUT2D eigenvalue weighted by Gasteiger charge is -2.32. The molecule has 1 aromatic rings. The molecule has 1 aliphatic rings. The SMILES string of the molecule is CN(C)CCNC(=O)c1cnc(N2CCN(C=O)CC2)nc1. The van der Waals surface area contributed by atoms with Gasteiger partial charge in [-0.1, -0.05) is 0 Å². The summed E-state index contributed by atoms with van der Waals surface area (Å²) in [6.45, 7) is 4.10. The Morgan fingerprint density at radius 3 is 2.45 bits per heavy atom. The van der Waals surface area contributed by atoms with E-state index in [1.165, 1.54) is 0 Å². The molecule has 0 aromatic carbocycles. The molecule has 0 spiro atoms. The number of anilines is 1. The van der Waals surface area contributed by atoms with Gasteiger partial charge < -0.3 is 20.0 Å². The van der Waals surface area contributed by atoms with E-state index in [0.29, 0.717) is 44.2 Å². The Kier molecular flexibility index (Phi) is 5.65. The maximum atomic E-state index is 11.9. The number of amides is 2. The van der Waals surface area contributed by atoms with E-state index in [0.717, 1.165) is 13.0 Å². The summed E-state index contributed by atoms with van der Waals surface area (Å²) in [5.74, 6) is 0.426. The van der Waals surface area contributed by atoms with Crippen molar-refractivity contribution >= 4 is 18.3 Å². The Morgan fingerprint density at radius 2 is 1.91 bits per heavy atom. The van der Waals surface area contributed by atoms with E-state index >= 15 is 0 Å². The van der Waals surface area contributed by atoms with E-state index < -0.39 is 0 Å². The van der Waals surface area contributed by atoms with Gasteiger partial charge >= 0.3 is 0 Å². The fraction of sp³-hybridized carbons (Fsp3) is 0.571. The summed E-state index contributed by atoms with van der Waals surface area (Å²) >= 11 is 0. The van der Waals surface area contributed by atoms with Crippen LogP contribution in [0.15, 0.2) is 12.4 Å². The summed E-state index contributed by atoms with van der Waals surface area (Å²) < 4.78 is 0. The molecule has 0 saturated carbocycles. The molecule has 0 radical (unpaired) electrons. The maximum Gasteiger partial charge on any atom is 0.254 e. The summed E-state index contributed by atoms with van der Waals surface area (Å²) in [5.41, 5.74) is 0.453. The first kappa shape index (κ1) is 16.2. The Hall–Kier alpha value is -2.22. The van der Waals surface area contributed by atoms with Gasteiger partial charge in [-0.15, -0.1) is 0 Å². The lowest BCUT2D eigenvalue weighted by atomic mass is 10.3. The Bertz CT molecular complexity index is 497. The number of hydrogen-bond acceptors (Lipinski definition) is 6. The second-order valence-electron chi connectivity index (χ2n) is 5.46. The summed E-state index contributed by atoms with van der Waals surface area (Å²) in [5, 5.41) is 2.82. The molecule has 22 heavy (non-hydrogen) atoms. The molecule has 1 aromatic heterocycles. The van der Waals surface area contributed by atoms with Crippen LogP contribution in [0, 0.1) is 0 Å². The molecule has 8 nitrogen and oxygen atoms in total. The zero-order chi connectivity index (χ0) is 15.9. The van der Waals surface area contributed by atoms with Gasteiger partial charge in [0.1, 0.15) is 0 Å². The first-order chi connectivity index (χ1) is 10.6. The van der Waals surface area contributed by atoms with Crippen molar-refractivity contribution in [3.05, 3.63) is 18.0 Å². The van der Waals surface area contributed by atoms with Crippen LogP contribution in [-0.2, 0) is 4.79 Å². The molecule has 1 aliphatic heterocycles. The number of piperazine rings is 1. The van der Waals surface area contributed by atoms with E-state index in [1.807, 2.05) is 23.9 Å². The van der Waals surface area contributed by atoms with Crippen molar-refractivity contribution in [3.63, 3.8) is 0 Å². The van der Waals surface area contributed by atoms with Crippen molar-refractivity contribution in [1.82, 2.24) is 25.1 Å². The second kappa shape index (κ2) is 7.69. The van der Waals surface area contributed by atoms with Crippen LogP contribution in [0.3, 0.4) is 0 Å². The molecule has 2 rings (SSSR count). The van der Waals surface area contributed by atoms with Crippen molar-refractivity contribution in [2.45, 2.75) is 0 Å². The van der Waals surface area contributed by atoms with Crippen LogP contribution in [-0.4, -0.2) is 85.4 Å². The number of carbonyl (C=O) groups excluding carboxylic acids is 2. The van der Waals surface area contributed by atoms with E-state index in [-0.39, 0.29) is 5.91 Å². The number of likely N-dealkylation sites (N-methyl/N-ethyl adjacent to an activating group) is 1. The molecule has 1 saturated heterocycles. The minimum absolute atomic E-state index is 0.167. The highest BCUT2D eigenvalue weighted by molar-refractivity contribution is 5.93. The van der Waals surface area contributed by atoms with E-state index in [2.05, 4.69) is 15.3 Å². The summed E-state index contributed by atoms with van der Waals surface area (Å²) in [4.78, 5) is 36.8. The fourth-order valence-corrected chi connectivity index (χ4v) is 2.12. The zero-order valence-corrected chi connectivity index (χ0v) is 13.0. The Balaban J connectivity index is 1.87. The predicted octanol–water partition coefficient (Wildman–Crippen LogP) is -0.954. The van der Waals surface area contributed by atoms with Gasteiger partial charge in [0, 0.05) is 51.7 Å². The Morgan fingerprint density at radius 1 is 1.27 bits per heavy atom. The number of rotatable bonds is 6. The average molecular weight is 306 g/mol. The topological polar surface area (TPSA) is 81.7 Å². The van der Waals surface area contributed by atoms with Crippen molar-refractivity contribution in [1.29, 1.82) is 0 Å². The predicted molar refractivity (Wildman–Crippen MR) is 82.8 cm³/mol. The highest BCUT2D eigenvalue weighted by Crippen LogP contribution is 2.10. The van der Waals surface area contributed by atoms with Crippen LogP contribution < -0.4 is 10.2 Å². The quantitative estimate of drug-likeness (QED) is 0.682. The molecule has 2 heterocycles. The summed E-state index contributed by atoms with van der Waals surface area (Å²) in [6.07, 6.45) is 3.94. The van der Waals surface area contributed by atoms with Gasteiger partial charge in [0.15, 0.2) is 0 Å². The van der Waals surface area contributed by atoms with Gasteiger partial charge in [-0.25, -0.2) is 9.97 Å². The molecule has 0 aliphatic carbocycles. The van der Waals surface area contributed by atoms with Crippen LogP contribution in [0.1, 0.15) is 10.4 Å². The summed E-state index contributed by atoms with van der Waals surface area (Å²) in [7, 11) is 3.91. The smallest absolute Gasteiger partial charge is 0.254 e. The standard InChI is InChI=1S/C14H22N6O2/c1-18(2)4-3-15-13(22)12-9-16-14(17-10-12)20-7-5-19(11-21)6-8-20/h9-11H,3-8H2,1-2H3,(H,15,22). The lowest BCUT2D eigenvalue weighted by molar-refractivity contribution is -0.118. The molecular formula is C14H22N6O2. The number of hydrogen-bond donors (Lipinski definition) is 1. The van der Waals surface area contributed by atoms with E-state index in [1.54, 1.807) is 17.3 Å². The zero-order valence-electron chi connectivity index (χ0n) is 13.0. The van der Waals surface area contributed by atoms with Gasteiger partial charge in [-0.2, -0.15) is 0 Å². The number of carbonyl (C=O) groups is 2. The normalized spacial score (nSPS) is 15.0. The highest BCUT2D eigenvalue weighted by atomic mass is 16.1. The Labute approximate surface area is 130 Å². The molecule has 8 heteroatoms. The molecule has 0 unspecified atom stereocenters. The number of aromatic nitrogens is 2. The van der Waals surface area contributed by atoms with Crippen LogP contribution >= 0.6 is 0 Å². The third-order valence-corrected chi connectivity index (χ3v) is 3.49. The van der Waals surface area contributed by atoms with Crippen molar-refractivity contribution < 1.29 is 9.59 Å². The highest BCUT2D eigenvalue weighted by Gasteiger charge is 2.18. The molecule has 2 amide bonds. The van der Waals surface area contributed by atoms with E-state index in [4.69, 9.17) is 0 Å². The van der Waals surface area contributed by atoms with Gasteiger partial charge in [0.25, 0.3) is 5.91 Å².